The zero-order valence-electron chi connectivity index (χ0n) is 12.2. The Bertz CT molecular complexity index is 412. The summed E-state index contributed by atoms with van der Waals surface area (Å²) in [6, 6.07) is 2.01. The van der Waals surface area contributed by atoms with Crippen molar-refractivity contribution in [2.45, 2.75) is 64.2 Å². The molecule has 19 heavy (non-hydrogen) atoms. The fraction of sp³-hybridized carbons (Fsp3) is 0.800. The van der Waals surface area contributed by atoms with Crippen molar-refractivity contribution in [3.63, 3.8) is 0 Å². The highest BCUT2D eigenvalue weighted by molar-refractivity contribution is 5.02. The Morgan fingerprint density at radius 3 is 3.05 bits per heavy atom. The number of aromatic nitrogens is 2. The van der Waals surface area contributed by atoms with Crippen LogP contribution in [0.15, 0.2) is 12.5 Å². The minimum atomic E-state index is 0.528. The molecule has 4 heteroatoms. The maximum absolute atomic E-state index is 4.37. The molecule has 0 bridgehead atoms. The van der Waals surface area contributed by atoms with Gasteiger partial charge in [0.15, 0.2) is 0 Å². The Morgan fingerprint density at radius 2 is 2.21 bits per heavy atom. The molecule has 2 aliphatic rings. The molecule has 106 valence electrons. The van der Waals surface area contributed by atoms with Crippen molar-refractivity contribution >= 4 is 0 Å². The van der Waals surface area contributed by atoms with Crippen LogP contribution in [0.5, 0.6) is 0 Å². The lowest BCUT2D eigenvalue weighted by Crippen LogP contribution is -2.39. The summed E-state index contributed by atoms with van der Waals surface area (Å²) in [7, 11) is 0. The predicted molar refractivity (Wildman–Crippen MR) is 77.1 cm³/mol. The van der Waals surface area contributed by atoms with Gasteiger partial charge in [-0.15, -0.1) is 0 Å². The van der Waals surface area contributed by atoms with Crippen molar-refractivity contribution in [3.8, 4) is 0 Å². The number of rotatable bonds is 4. The van der Waals surface area contributed by atoms with Gasteiger partial charge in [-0.1, -0.05) is 13.8 Å². The highest BCUT2D eigenvalue weighted by atomic mass is 15.2. The SMILES string of the molecule is CC(C)NCc1cncn1C1CCN2CCCC2C1. The van der Waals surface area contributed by atoms with Gasteiger partial charge in [0.2, 0.25) is 0 Å². The van der Waals surface area contributed by atoms with E-state index in [1.54, 1.807) is 0 Å². The Balaban J connectivity index is 1.67. The molecule has 3 rings (SSSR count). The normalized spacial score (nSPS) is 27.9. The molecule has 4 nitrogen and oxygen atoms in total. The number of nitrogens with one attached hydrogen (secondary N) is 1. The Labute approximate surface area is 116 Å². The maximum Gasteiger partial charge on any atom is 0.0951 e. The van der Waals surface area contributed by atoms with Gasteiger partial charge in [-0.05, 0) is 32.2 Å². The van der Waals surface area contributed by atoms with Gasteiger partial charge in [0, 0.05) is 37.4 Å². The van der Waals surface area contributed by atoms with E-state index in [2.05, 4.69) is 33.6 Å². The second-order valence-corrected chi connectivity index (χ2v) is 6.34. The summed E-state index contributed by atoms with van der Waals surface area (Å²) in [5, 5.41) is 3.50. The summed E-state index contributed by atoms with van der Waals surface area (Å²) in [5.41, 5.74) is 1.34. The standard InChI is InChI=1S/C15H26N4/c1-12(2)17-10-15-9-16-11-19(15)14-5-7-18-6-3-4-13(18)8-14/h9,11-14,17H,3-8,10H2,1-2H3. The Morgan fingerprint density at radius 1 is 1.32 bits per heavy atom. The van der Waals surface area contributed by atoms with Crippen LogP contribution in [0, 0.1) is 0 Å². The number of piperidine rings is 1. The van der Waals surface area contributed by atoms with Crippen molar-refractivity contribution in [1.82, 2.24) is 19.8 Å². The number of nitrogens with zero attached hydrogens (tertiary/aromatic N) is 3. The average molecular weight is 262 g/mol. The smallest absolute Gasteiger partial charge is 0.0951 e. The highest BCUT2D eigenvalue weighted by Gasteiger charge is 2.32. The quantitative estimate of drug-likeness (QED) is 0.903. The van der Waals surface area contributed by atoms with E-state index >= 15 is 0 Å². The van der Waals surface area contributed by atoms with Crippen LogP contribution in [0.1, 0.15) is 51.3 Å². The first-order chi connectivity index (χ1) is 9.24. The van der Waals surface area contributed by atoms with Gasteiger partial charge in [-0.2, -0.15) is 0 Å². The highest BCUT2D eigenvalue weighted by Crippen LogP contribution is 2.33. The van der Waals surface area contributed by atoms with Crippen LogP contribution >= 0.6 is 0 Å². The second-order valence-electron chi connectivity index (χ2n) is 6.34. The molecular weight excluding hydrogens is 236 g/mol. The average Bonchev–Trinajstić information content (AvgIpc) is 3.04. The number of hydrogen-bond acceptors (Lipinski definition) is 3. The first-order valence-electron chi connectivity index (χ1n) is 7.72. The molecule has 2 unspecified atom stereocenters. The van der Waals surface area contributed by atoms with Crippen molar-refractivity contribution in [1.29, 1.82) is 0 Å². The molecule has 0 spiro atoms. The van der Waals surface area contributed by atoms with Crippen LogP contribution in [-0.2, 0) is 6.54 Å². The van der Waals surface area contributed by atoms with Crippen molar-refractivity contribution in [2.75, 3.05) is 13.1 Å². The van der Waals surface area contributed by atoms with E-state index in [4.69, 9.17) is 0 Å². The lowest BCUT2D eigenvalue weighted by molar-refractivity contribution is 0.154. The molecule has 0 aliphatic carbocycles. The fourth-order valence-electron chi connectivity index (χ4n) is 3.56. The van der Waals surface area contributed by atoms with Gasteiger partial charge >= 0.3 is 0 Å². The van der Waals surface area contributed by atoms with Crippen LogP contribution in [0.2, 0.25) is 0 Å². The number of hydrogen-bond donors (Lipinski definition) is 1. The summed E-state index contributed by atoms with van der Waals surface area (Å²) >= 11 is 0. The van der Waals surface area contributed by atoms with E-state index in [9.17, 15) is 0 Å². The van der Waals surface area contributed by atoms with Crippen molar-refractivity contribution in [2.24, 2.45) is 0 Å². The van der Waals surface area contributed by atoms with Gasteiger partial charge in [0.05, 0.1) is 12.0 Å². The fourth-order valence-corrected chi connectivity index (χ4v) is 3.56. The summed E-state index contributed by atoms with van der Waals surface area (Å²) in [6.45, 7) is 7.91. The number of fused-ring (bicyclic) bond motifs is 1. The minimum absolute atomic E-state index is 0.528. The Hall–Kier alpha value is -0.870. The molecule has 3 heterocycles. The molecule has 0 radical (unpaired) electrons. The molecule has 1 aromatic heterocycles. The van der Waals surface area contributed by atoms with Crippen LogP contribution in [-0.4, -0.2) is 39.6 Å². The minimum Gasteiger partial charge on any atom is -0.330 e. The lowest BCUT2D eigenvalue weighted by atomic mass is 9.97. The van der Waals surface area contributed by atoms with E-state index in [1.165, 1.54) is 44.5 Å². The van der Waals surface area contributed by atoms with Gasteiger partial charge in [0.25, 0.3) is 0 Å². The van der Waals surface area contributed by atoms with E-state index in [0.717, 1.165) is 12.6 Å². The summed E-state index contributed by atoms with van der Waals surface area (Å²) < 4.78 is 2.42. The van der Waals surface area contributed by atoms with Gasteiger partial charge in [-0.3, -0.25) is 0 Å². The molecule has 2 atom stereocenters. The molecule has 1 aromatic rings. The van der Waals surface area contributed by atoms with E-state index in [-0.39, 0.29) is 0 Å². The zero-order chi connectivity index (χ0) is 13.2. The van der Waals surface area contributed by atoms with Crippen LogP contribution < -0.4 is 5.32 Å². The molecular formula is C15H26N4. The molecule has 2 saturated heterocycles. The third-order valence-corrected chi connectivity index (χ3v) is 4.62. The Kier molecular flexibility index (Phi) is 3.89. The van der Waals surface area contributed by atoms with Crippen LogP contribution in [0.3, 0.4) is 0 Å². The predicted octanol–water partition coefficient (Wildman–Crippen LogP) is 2.18. The summed E-state index contributed by atoms with van der Waals surface area (Å²) in [5.74, 6) is 0. The number of imidazole rings is 1. The molecule has 1 N–H and O–H groups in total. The zero-order valence-corrected chi connectivity index (χ0v) is 12.2. The molecule has 2 fully saturated rings. The van der Waals surface area contributed by atoms with E-state index in [0.29, 0.717) is 12.1 Å². The monoisotopic (exact) mass is 262 g/mol. The van der Waals surface area contributed by atoms with Gasteiger partial charge in [-0.25, -0.2) is 4.98 Å². The van der Waals surface area contributed by atoms with Crippen molar-refractivity contribution < 1.29 is 0 Å². The van der Waals surface area contributed by atoms with Crippen LogP contribution in [0.25, 0.3) is 0 Å². The topological polar surface area (TPSA) is 33.1 Å². The molecule has 0 amide bonds. The van der Waals surface area contributed by atoms with Crippen LogP contribution in [0.4, 0.5) is 0 Å². The third kappa shape index (κ3) is 2.84. The summed E-state index contributed by atoms with van der Waals surface area (Å²) in [6.07, 6.45) is 9.43. The van der Waals surface area contributed by atoms with Crippen molar-refractivity contribution in [3.05, 3.63) is 18.2 Å². The van der Waals surface area contributed by atoms with E-state index in [1.807, 2.05) is 12.5 Å². The molecule has 0 aromatic carbocycles. The van der Waals surface area contributed by atoms with Gasteiger partial charge < -0.3 is 14.8 Å². The second kappa shape index (κ2) is 5.63. The first kappa shape index (κ1) is 13.1. The largest absolute Gasteiger partial charge is 0.330 e. The van der Waals surface area contributed by atoms with E-state index < -0.39 is 0 Å². The molecule has 2 aliphatic heterocycles. The first-order valence-corrected chi connectivity index (χ1v) is 7.72. The lowest BCUT2D eigenvalue weighted by Gasteiger charge is -2.36. The van der Waals surface area contributed by atoms with Gasteiger partial charge in [0.1, 0.15) is 0 Å². The maximum atomic E-state index is 4.37. The third-order valence-electron chi connectivity index (χ3n) is 4.62. The molecule has 0 saturated carbocycles. The summed E-state index contributed by atoms with van der Waals surface area (Å²) in [4.78, 5) is 7.05.